The van der Waals surface area contributed by atoms with Crippen molar-refractivity contribution < 1.29 is 21.6 Å². The van der Waals surface area contributed by atoms with Crippen molar-refractivity contribution in [3.63, 3.8) is 0 Å². The number of aromatic nitrogens is 2. The minimum Gasteiger partial charge on any atom is -0.367 e. The Morgan fingerprint density at radius 3 is 2.09 bits per heavy atom. The minimum absolute atomic E-state index is 0.0538. The number of hydrogen-bond acceptors (Lipinski definition) is 6. The van der Waals surface area contributed by atoms with Crippen molar-refractivity contribution in [1.82, 2.24) is 9.97 Å². The van der Waals surface area contributed by atoms with Gasteiger partial charge < -0.3 is 5.32 Å². The Kier molecular flexibility index (Phi) is 6.57. The van der Waals surface area contributed by atoms with E-state index >= 15 is 0 Å². The molecule has 10 heteroatoms. The molecule has 0 aliphatic heterocycles. The van der Waals surface area contributed by atoms with Crippen LogP contribution in [0, 0.1) is 11.3 Å². The molecule has 4 rings (SSSR count). The number of benzene rings is 1. The first-order valence-electron chi connectivity index (χ1n) is 10.7. The number of nitrogens with one attached hydrogen (secondary N) is 1. The average Bonchev–Trinajstić information content (AvgIpc) is 2.84. The van der Waals surface area contributed by atoms with Crippen LogP contribution in [0.5, 0.6) is 0 Å². The average molecular weight is 487 g/mol. The van der Waals surface area contributed by atoms with Gasteiger partial charge in [-0.05, 0) is 67.6 Å². The molecular weight excluding hydrogens is 465 g/mol. The van der Waals surface area contributed by atoms with Gasteiger partial charge >= 0.3 is 6.18 Å². The number of nitrogens with zero attached hydrogens (tertiary/aromatic N) is 3. The Balaban J connectivity index is 1.37. The lowest BCUT2D eigenvalue weighted by Gasteiger charge is -2.29. The zero-order chi connectivity index (χ0) is 24.3. The highest BCUT2D eigenvalue weighted by Gasteiger charge is 2.33. The molecule has 6 nitrogen and oxygen atoms in total. The van der Waals surface area contributed by atoms with E-state index in [4.69, 9.17) is 5.26 Å². The lowest BCUT2D eigenvalue weighted by atomic mass is 9.95. The Morgan fingerprint density at radius 2 is 1.56 bits per heavy atom. The molecule has 0 unspecified atom stereocenters. The number of rotatable bonds is 5. The molecule has 2 aromatic heterocycles. The molecule has 2 heterocycles. The van der Waals surface area contributed by atoms with Crippen LogP contribution in [0.1, 0.15) is 36.9 Å². The number of hydrogen-bond donors (Lipinski definition) is 1. The summed E-state index contributed by atoms with van der Waals surface area (Å²) in [6, 6.07) is 14.1. The van der Waals surface area contributed by atoms with Crippen molar-refractivity contribution in [2.45, 2.75) is 48.0 Å². The summed E-state index contributed by atoms with van der Waals surface area (Å²) in [5.41, 5.74) is 1.08. The molecule has 0 saturated heterocycles. The van der Waals surface area contributed by atoms with E-state index in [1.165, 1.54) is 6.07 Å². The Bertz CT molecular complexity index is 1280. The van der Waals surface area contributed by atoms with Crippen LogP contribution in [-0.2, 0) is 16.0 Å². The van der Waals surface area contributed by atoms with Crippen molar-refractivity contribution >= 4 is 15.7 Å². The summed E-state index contributed by atoms with van der Waals surface area (Å²) in [6.45, 7) is 0. The van der Waals surface area contributed by atoms with Crippen LogP contribution in [0.4, 0.5) is 19.0 Å². The highest BCUT2D eigenvalue weighted by molar-refractivity contribution is 7.92. The molecule has 1 aromatic carbocycles. The van der Waals surface area contributed by atoms with E-state index < -0.39 is 26.8 Å². The van der Waals surface area contributed by atoms with Crippen LogP contribution in [0.15, 0.2) is 65.8 Å². The van der Waals surface area contributed by atoms with Crippen LogP contribution < -0.4 is 5.32 Å². The smallest absolute Gasteiger partial charge is 0.367 e. The molecule has 1 aliphatic carbocycles. The molecule has 3 aromatic rings. The molecule has 1 fully saturated rings. The van der Waals surface area contributed by atoms with Gasteiger partial charge in [0.15, 0.2) is 9.84 Å². The SMILES string of the molecule is N#Cc1ccc(-c2ccc(S(=O)(=O)C3CCC(Nc4ccc(C(F)(F)F)cn4)CC3)cc2)cn1. The van der Waals surface area contributed by atoms with Crippen LogP contribution >= 0.6 is 0 Å². The fourth-order valence-electron chi connectivity index (χ4n) is 4.03. The number of alkyl halides is 3. The van der Waals surface area contributed by atoms with Crippen LogP contribution in [0.2, 0.25) is 0 Å². The van der Waals surface area contributed by atoms with E-state index in [1.807, 2.05) is 6.07 Å². The van der Waals surface area contributed by atoms with E-state index in [1.54, 1.807) is 42.6 Å². The van der Waals surface area contributed by atoms with Crippen LogP contribution in [0.25, 0.3) is 11.1 Å². The second-order valence-electron chi connectivity index (χ2n) is 8.16. The third kappa shape index (κ3) is 5.20. The lowest BCUT2D eigenvalue weighted by molar-refractivity contribution is -0.137. The quantitative estimate of drug-likeness (QED) is 0.531. The third-order valence-electron chi connectivity index (χ3n) is 5.95. The number of anilines is 1. The Labute approximate surface area is 195 Å². The molecule has 0 spiro atoms. The topological polar surface area (TPSA) is 95.7 Å². The van der Waals surface area contributed by atoms with Gasteiger partial charge in [-0.2, -0.15) is 18.4 Å². The number of halogens is 3. The van der Waals surface area contributed by atoms with Gasteiger partial charge in [0.1, 0.15) is 17.6 Å². The maximum atomic E-state index is 13.1. The van der Waals surface area contributed by atoms with Crippen LogP contribution in [0.3, 0.4) is 0 Å². The van der Waals surface area contributed by atoms with Gasteiger partial charge in [0.25, 0.3) is 0 Å². The Morgan fingerprint density at radius 1 is 0.882 bits per heavy atom. The van der Waals surface area contributed by atoms with Crippen molar-refractivity contribution in [2.75, 3.05) is 5.32 Å². The molecule has 176 valence electrons. The summed E-state index contributed by atoms with van der Waals surface area (Å²) in [5, 5.41) is 11.4. The van der Waals surface area contributed by atoms with E-state index in [9.17, 15) is 21.6 Å². The monoisotopic (exact) mass is 486 g/mol. The third-order valence-corrected chi connectivity index (χ3v) is 8.23. The van der Waals surface area contributed by atoms with Gasteiger partial charge in [-0.3, -0.25) is 0 Å². The molecule has 1 saturated carbocycles. The van der Waals surface area contributed by atoms with Gasteiger partial charge in [0.05, 0.1) is 15.7 Å². The van der Waals surface area contributed by atoms with Crippen molar-refractivity contribution in [2.24, 2.45) is 0 Å². The molecule has 0 radical (unpaired) electrons. The van der Waals surface area contributed by atoms with Gasteiger partial charge in [-0.25, -0.2) is 18.4 Å². The predicted molar refractivity (Wildman–Crippen MR) is 120 cm³/mol. The first kappa shape index (κ1) is 23.7. The van der Waals surface area contributed by atoms with E-state index in [0.717, 1.165) is 23.4 Å². The Hall–Kier alpha value is -3.45. The molecular formula is C24H21F3N4O2S. The van der Waals surface area contributed by atoms with Gasteiger partial charge in [0.2, 0.25) is 0 Å². The zero-order valence-electron chi connectivity index (χ0n) is 18.0. The molecule has 0 bridgehead atoms. The first-order chi connectivity index (χ1) is 16.2. The number of nitriles is 1. The zero-order valence-corrected chi connectivity index (χ0v) is 18.8. The fourth-order valence-corrected chi connectivity index (χ4v) is 5.83. The maximum absolute atomic E-state index is 13.1. The lowest BCUT2D eigenvalue weighted by Crippen LogP contribution is -2.33. The molecule has 0 amide bonds. The summed E-state index contributed by atoms with van der Waals surface area (Å²) >= 11 is 0. The second-order valence-corrected chi connectivity index (χ2v) is 10.4. The van der Waals surface area contributed by atoms with E-state index in [-0.39, 0.29) is 10.9 Å². The molecule has 1 aliphatic rings. The standard InChI is InChI=1S/C24H21F3N4O2S/c25-24(26,27)18-4-12-23(30-15-18)31-19-6-10-22(11-7-19)34(32,33)21-8-2-16(3-9-21)17-1-5-20(13-28)29-14-17/h1-5,8-9,12,14-15,19,22H,6-7,10-11H2,(H,30,31). The van der Waals surface area contributed by atoms with E-state index in [2.05, 4.69) is 15.3 Å². The molecule has 1 N–H and O–H groups in total. The normalized spacial score (nSPS) is 18.8. The predicted octanol–water partition coefficient (Wildman–Crippen LogP) is 5.23. The minimum atomic E-state index is -4.44. The van der Waals surface area contributed by atoms with Gasteiger partial charge in [-0.1, -0.05) is 12.1 Å². The highest BCUT2D eigenvalue weighted by Crippen LogP contribution is 2.32. The second kappa shape index (κ2) is 9.43. The van der Waals surface area contributed by atoms with Crippen LogP contribution in [-0.4, -0.2) is 29.7 Å². The van der Waals surface area contributed by atoms with Gasteiger partial charge in [-0.15, -0.1) is 0 Å². The van der Waals surface area contributed by atoms with E-state index in [0.29, 0.717) is 37.2 Å². The largest absolute Gasteiger partial charge is 0.417 e. The highest BCUT2D eigenvalue weighted by atomic mass is 32.2. The summed E-state index contributed by atoms with van der Waals surface area (Å²) in [6.07, 6.45) is -0.0417. The summed E-state index contributed by atoms with van der Waals surface area (Å²) in [4.78, 5) is 8.11. The first-order valence-corrected chi connectivity index (χ1v) is 12.2. The number of pyridine rings is 2. The molecule has 34 heavy (non-hydrogen) atoms. The van der Waals surface area contributed by atoms with Gasteiger partial charge in [0, 0.05) is 24.0 Å². The summed E-state index contributed by atoms with van der Waals surface area (Å²) in [7, 11) is -3.52. The maximum Gasteiger partial charge on any atom is 0.417 e. The summed E-state index contributed by atoms with van der Waals surface area (Å²) in [5.74, 6) is 0.340. The fraction of sp³-hybridized carbons (Fsp3) is 0.292. The number of sulfone groups is 1. The summed E-state index contributed by atoms with van der Waals surface area (Å²) < 4.78 is 64.3. The molecule has 0 atom stereocenters. The van der Waals surface area contributed by atoms with Crippen molar-refractivity contribution in [3.05, 3.63) is 72.2 Å². The van der Waals surface area contributed by atoms with Crippen molar-refractivity contribution in [1.29, 1.82) is 5.26 Å². The van der Waals surface area contributed by atoms with Crippen molar-refractivity contribution in [3.8, 4) is 17.2 Å².